The van der Waals surface area contributed by atoms with Crippen molar-refractivity contribution in [3.8, 4) is 0 Å². The van der Waals surface area contributed by atoms with Gasteiger partial charge in [0.05, 0.1) is 16.8 Å². The number of carbonyl (C=O) groups excluding carboxylic acids is 1. The van der Waals surface area contributed by atoms with Crippen LogP contribution in [0.5, 0.6) is 0 Å². The van der Waals surface area contributed by atoms with Gasteiger partial charge in [0.25, 0.3) is 5.56 Å². The predicted molar refractivity (Wildman–Crippen MR) is 170 cm³/mol. The van der Waals surface area contributed by atoms with Gasteiger partial charge in [-0.1, -0.05) is 24.9 Å². The number of sulfone groups is 1. The van der Waals surface area contributed by atoms with Gasteiger partial charge < -0.3 is 15.0 Å². The molecule has 1 aromatic carbocycles. The summed E-state index contributed by atoms with van der Waals surface area (Å²) >= 11 is 6.25. The van der Waals surface area contributed by atoms with Crippen LogP contribution in [0.25, 0.3) is 11.0 Å². The Hall–Kier alpha value is -3.18. The number of hydrogen-bond acceptors (Lipinski definition) is 8. The number of rotatable bonds is 9. The summed E-state index contributed by atoms with van der Waals surface area (Å²) in [6.07, 6.45) is 8.19. The zero-order valence-electron chi connectivity index (χ0n) is 25.5. The van der Waals surface area contributed by atoms with Crippen LogP contribution in [-0.4, -0.2) is 58.9 Å². The third-order valence-corrected chi connectivity index (χ3v) is 12.2. The first-order valence-corrected chi connectivity index (χ1v) is 17.5. The minimum absolute atomic E-state index is 0.0239. The van der Waals surface area contributed by atoms with E-state index in [0.29, 0.717) is 66.0 Å². The van der Waals surface area contributed by atoms with E-state index >= 15 is 0 Å². The molecule has 236 valence electrons. The number of nitrogens with zero attached hydrogens (tertiary/aromatic N) is 4. The molecule has 1 N–H and O–H groups in total. The van der Waals surface area contributed by atoms with Crippen molar-refractivity contribution in [3.63, 3.8) is 0 Å². The van der Waals surface area contributed by atoms with Crippen LogP contribution < -0.4 is 10.9 Å². The van der Waals surface area contributed by atoms with E-state index in [0.717, 1.165) is 44.1 Å². The minimum atomic E-state index is -3.50. The molecular formula is C32H40ClN5O5S. The summed E-state index contributed by atoms with van der Waals surface area (Å²) in [5, 5.41) is 3.61. The molecule has 3 aliphatic rings. The quantitative estimate of drug-likeness (QED) is 0.265. The molecular weight excluding hydrogens is 602 g/mol. The zero-order valence-corrected chi connectivity index (χ0v) is 27.1. The minimum Gasteiger partial charge on any atom is -0.449 e. The number of halogens is 1. The number of hydrogen-bond donors (Lipinski definition) is 1. The molecule has 44 heavy (non-hydrogen) atoms. The Morgan fingerprint density at radius 1 is 1.20 bits per heavy atom. The second kappa shape index (κ2) is 12.0. The van der Waals surface area contributed by atoms with Crippen molar-refractivity contribution < 1.29 is 17.9 Å². The summed E-state index contributed by atoms with van der Waals surface area (Å²) in [5.41, 5.74) is 1.67. The molecule has 1 spiro atoms. The number of aryl methyl sites for hydroxylation is 1. The lowest BCUT2D eigenvalue weighted by Gasteiger charge is -2.51. The van der Waals surface area contributed by atoms with Crippen molar-refractivity contribution in [2.24, 2.45) is 11.3 Å². The Bertz CT molecular complexity index is 1740. The van der Waals surface area contributed by atoms with E-state index in [2.05, 4.69) is 22.2 Å². The Kier molecular flexibility index (Phi) is 8.38. The fourth-order valence-corrected chi connectivity index (χ4v) is 9.01. The summed E-state index contributed by atoms with van der Waals surface area (Å²) in [6.45, 7) is 7.59. The number of fused-ring (bicyclic) bond motifs is 1. The highest BCUT2D eigenvalue weighted by molar-refractivity contribution is 7.92. The van der Waals surface area contributed by atoms with Gasteiger partial charge in [-0.3, -0.25) is 9.36 Å². The topological polar surface area (TPSA) is 123 Å². The van der Waals surface area contributed by atoms with Gasteiger partial charge in [0.2, 0.25) is 5.95 Å². The first-order valence-electron chi connectivity index (χ1n) is 15.6. The van der Waals surface area contributed by atoms with Crippen LogP contribution in [0.3, 0.4) is 0 Å². The maximum absolute atomic E-state index is 13.6. The SMILES string of the molecule is CCCCOC(=O)N1CCC2(CC1)CC(S(=O)(=O)c1ccc(Nc3ncc4cc(Cl)c(=O)n(C(C)C5CC5)c4n3)c(C)c1)C2. The van der Waals surface area contributed by atoms with E-state index in [4.69, 9.17) is 16.3 Å². The monoisotopic (exact) mass is 641 g/mol. The van der Waals surface area contributed by atoms with E-state index in [9.17, 15) is 18.0 Å². The molecule has 2 aromatic heterocycles. The molecule has 1 atom stereocenters. The third kappa shape index (κ3) is 5.92. The van der Waals surface area contributed by atoms with Crippen molar-refractivity contribution in [1.29, 1.82) is 0 Å². The van der Waals surface area contributed by atoms with Crippen molar-refractivity contribution in [1.82, 2.24) is 19.4 Å². The molecule has 3 heterocycles. The van der Waals surface area contributed by atoms with Crippen LogP contribution in [-0.2, 0) is 14.6 Å². The maximum atomic E-state index is 13.6. The highest BCUT2D eigenvalue weighted by Crippen LogP contribution is 2.53. The molecule has 2 aliphatic carbocycles. The Balaban J connectivity index is 1.12. The van der Waals surface area contributed by atoms with Crippen molar-refractivity contribution in [3.05, 3.63) is 51.4 Å². The summed E-state index contributed by atoms with van der Waals surface area (Å²) in [6, 6.07) is 6.65. The third-order valence-electron chi connectivity index (χ3n) is 9.78. The molecule has 1 aliphatic heterocycles. The molecule has 0 bridgehead atoms. The van der Waals surface area contributed by atoms with Gasteiger partial charge in [-0.25, -0.2) is 18.2 Å². The number of ether oxygens (including phenoxy) is 1. The largest absolute Gasteiger partial charge is 0.449 e. The first kappa shape index (κ1) is 30.8. The van der Waals surface area contributed by atoms with Crippen LogP contribution in [0.15, 0.2) is 40.2 Å². The van der Waals surface area contributed by atoms with E-state index in [-0.39, 0.29) is 28.1 Å². The lowest BCUT2D eigenvalue weighted by atomic mass is 9.63. The van der Waals surface area contributed by atoms with Crippen molar-refractivity contribution in [2.45, 2.75) is 88.3 Å². The number of piperidine rings is 1. The van der Waals surface area contributed by atoms with Gasteiger partial charge in [-0.2, -0.15) is 4.98 Å². The number of aromatic nitrogens is 3. The highest BCUT2D eigenvalue weighted by atomic mass is 35.5. The normalized spacial score (nSPS) is 19.1. The zero-order chi connectivity index (χ0) is 31.2. The molecule has 1 saturated heterocycles. The van der Waals surface area contributed by atoms with E-state index in [1.54, 1.807) is 39.9 Å². The van der Waals surface area contributed by atoms with Gasteiger partial charge in [-0.05, 0) is 100.0 Å². The van der Waals surface area contributed by atoms with Gasteiger partial charge in [0, 0.05) is 36.4 Å². The highest BCUT2D eigenvalue weighted by Gasteiger charge is 2.51. The molecule has 6 rings (SSSR count). The standard InChI is InChI=1S/C32H40ClN5O5S/c1-4-5-14-43-31(40)37-12-10-32(11-13-37)17-25(18-32)44(41,42)24-8-9-27(20(2)15-24)35-30-34-19-23-16-26(33)29(39)38(28(23)36-30)21(3)22-6-7-22/h8-9,15-16,19,21-22,25H,4-7,10-14,17-18H2,1-3H3,(H,34,35,36). The van der Waals surface area contributed by atoms with Gasteiger partial charge in [-0.15, -0.1) is 0 Å². The van der Waals surface area contributed by atoms with Crippen LogP contribution >= 0.6 is 11.6 Å². The Labute approximate surface area is 263 Å². The van der Waals surface area contributed by atoms with E-state index < -0.39 is 15.1 Å². The van der Waals surface area contributed by atoms with E-state index in [1.807, 2.05) is 13.8 Å². The first-order chi connectivity index (χ1) is 21.0. The number of pyridine rings is 1. The second-order valence-corrected chi connectivity index (χ2v) is 15.5. The number of unbranched alkanes of at least 4 members (excludes halogenated alkanes) is 1. The Morgan fingerprint density at radius 3 is 2.59 bits per heavy atom. The molecule has 3 aromatic rings. The average Bonchev–Trinajstić information content (AvgIpc) is 3.83. The smallest absolute Gasteiger partial charge is 0.409 e. The number of nitrogens with one attached hydrogen (secondary N) is 1. The van der Waals surface area contributed by atoms with Crippen molar-refractivity contribution in [2.75, 3.05) is 25.0 Å². The summed E-state index contributed by atoms with van der Waals surface area (Å²) in [7, 11) is -3.50. The number of carbonyl (C=O) groups is 1. The number of amides is 1. The van der Waals surface area contributed by atoms with E-state index in [1.165, 1.54) is 0 Å². The Morgan fingerprint density at radius 2 is 1.93 bits per heavy atom. The summed E-state index contributed by atoms with van der Waals surface area (Å²) in [4.78, 5) is 36.4. The average molecular weight is 642 g/mol. The fraction of sp³-hybridized carbons (Fsp3) is 0.562. The molecule has 0 radical (unpaired) electrons. The lowest BCUT2D eigenvalue weighted by molar-refractivity contribution is 0.0275. The van der Waals surface area contributed by atoms with Crippen molar-refractivity contribution >= 4 is 50.2 Å². The molecule has 12 heteroatoms. The van der Waals surface area contributed by atoms with Crippen LogP contribution in [0.4, 0.5) is 16.4 Å². The summed E-state index contributed by atoms with van der Waals surface area (Å²) in [5.74, 6) is 0.742. The molecule has 3 fully saturated rings. The van der Waals surface area contributed by atoms with Crippen LogP contribution in [0.1, 0.15) is 76.8 Å². The lowest BCUT2D eigenvalue weighted by Crippen LogP contribution is -2.52. The molecule has 2 saturated carbocycles. The van der Waals surface area contributed by atoms with Gasteiger partial charge in [0.15, 0.2) is 9.84 Å². The maximum Gasteiger partial charge on any atom is 0.409 e. The molecule has 1 unspecified atom stereocenters. The van der Waals surface area contributed by atoms with Gasteiger partial charge >= 0.3 is 6.09 Å². The molecule has 10 nitrogen and oxygen atoms in total. The summed E-state index contributed by atoms with van der Waals surface area (Å²) < 4.78 is 34.2. The van der Waals surface area contributed by atoms with Crippen LogP contribution in [0, 0.1) is 18.3 Å². The number of anilines is 2. The fourth-order valence-electron chi connectivity index (χ4n) is 6.67. The van der Waals surface area contributed by atoms with Crippen LogP contribution in [0.2, 0.25) is 5.02 Å². The second-order valence-electron chi connectivity index (χ2n) is 12.8. The number of benzene rings is 1. The molecule has 1 amide bonds. The van der Waals surface area contributed by atoms with Gasteiger partial charge in [0.1, 0.15) is 10.7 Å². The number of likely N-dealkylation sites (tertiary alicyclic amines) is 1. The predicted octanol–water partition coefficient (Wildman–Crippen LogP) is 6.42.